The first-order valence-corrected chi connectivity index (χ1v) is 11.1. The summed E-state index contributed by atoms with van der Waals surface area (Å²) in [6.45, 7) is 0. The van der Waals surface area contributed by atoms with Crippen molar-refractivity contribution in [1.82, 2.24) is 25.4 Å². The van der Waals surface area contributed by atoms with Crippen LogP contribution in [0.4, 0.5) is 21.5 Å². The van der Waals surface area contributed by atoms with Crippen molar-refractivity contribution in [2.75, 3.05) is 10.6 Å². The molecule has 172 valence electrons. The van der Waals surface area contributed by atoms with Crippen LogP contribution in [0.2, 0.25) is 10.0 Å². The van der Waals surface area contributed by atoms with Gasteiger partial charge in [-0.3, -0.25) is 15.1 Å². The summed E-state index contributed by atoms with van der Waals surface area (Å²) in [5.74, 6) is -0.633. The summed E-state index contributed by atoms with van der Waals surface area (Å²) in [6.07, 6.45) is 6.47. The first kappa shape index (κ1) is 22.5. The number of aromatic amines is 1. The summed E-state index contributed by atoms with van der Waals surface area (Å²) in [5, 5.41) is 27.6. The number of aromatic nitrogens is 5. The predicted molar refractivity (Wildman–Crippen MR) is 132 cm³/mol. The van der Waals surface area contributed by atoms with Gasteiger partial charge in [-0.1, -0.05) is 40.5 Å². The third-order valence-electron chi connectivity index (χ3n) is 5.32. The summed E-state index contributed by atoms with van der Waals surface area (Å²) in [7, 11) is 0. The summed E-state index contributed by atoms with van der Waals surface area (Å²) in [6, 6.07) is 13.5. The average molecular weight is 505 g/mol. The van der Waals surface area contributed by atoms with E-state index in [2.05, 4.69) is 42.1 Å². The van der Waals surface area contributed by atoms with Crippen molar-refractivity contribution in [3.8, 4) is 6.07 Å². The number of halogens is 3. The fourth-order valence-corrected chi connectivity index (χ4v) is 4.13. The van der Waals surface area contributed by atoms with Gasteiger partial charge in [0.2, 0.25) is 0 Å². The standard InChI is InChI=1S/C24H15Cl2FN8/c25-17-4-1-5-19(21(17)27)33-22-14(9-28)11-30-24-16(22)7-15(8-18(24)26)32-23(20-12-31-35-34-20)13-3-2-6-29-10-13/h1-8,10-12,23,32H,(H,30,33)(H,31,34,35)/t23-/m0/s1. The maximum absolute atomic E-state index is 14.6. The summed E-state index contributed by atoms with van der Waals surface area (Å²) in [4.78, 5) is 8.54. The molecule has 3 aromatic heterocycles. The van der Waals surface area contributed by atoms with E-state index in [9.17, 15) is 9.65 Å². The Balaban J connectivity index is 1.63. The third kappa shape index (κ3) is 4.45. The summed E-state index contributed by atoms with van der Waals surface area (Å²) >= 11 is 12.5. The van der Waals surface area contributed by atoms with Gasteiger partial charge in [-0.2, -0.15) is 5.26 Å². The molecule has 0 fully saturated rings. The fourth-order valence-electron chi connectivity index (χ4n) is 3.69. The van der Waals surface area contributed by atoms with Crippen molar-refractivity contribution in [1.29, 1.82) is 5.26 Å². The maximum Gasteiger partial charge on any atom is 0.165 e. The minimum atomic E-state index is -0.633. The number of rotatable bonds is 6. The van der Waals surface area contributed by atoms with E-state index >= 15 is 0 Å². The number of hydrogen-bond donors (Lipinski definition) is 3. The number of fused-ring (bicyclic) bond motifs is 1. The van der Waals surface area contributed by atoms with Crippen molar-refractivity contribution >= 4 is 51.2 Å². The van der Waals surface area contributed by atoms with E-state index in [0.29, 0.717) is 33.0 Å². The molecular weight excluding hydrogens is 490 g/mol. The van der Waals surface area contributed by atoms with Gasteiger partial charge in [0, 0.05) is 35.9 Å². The Morgan fingerprint density at radius 2 is 1.97 bits per heavy atom. The van der Waals surface area contributed by atoms with E-state index in [-0.39, 0.29) is 16.3 Å². The van der Waals surface area contributed by atoms with Crippen LogP contribution in [0.5, 0.6) is 0 Å². The molecular formula is C24H15Cl2FN8. The zero-order valence-corrected chi connectivity index (χ0v) is 19.3. The molecule has 3 heterocycles. The first-order chi connectivity index (χ1) is 17.0. The molecule has 0 aliphatic carbocycles. The van der Waals surface area contributed by atoms with Gasteiger partial charge in [0.05, 0.1) is 38.5 Å². The van der Waals surface area contributed by atoms with Crippen molar-refractivity contribution in [2.24, 2.45) is 0 Å². The molecule has 0 spiro atoms. The molecule has 0 amide bonds. The highest BCUT2D eigenvalue weighted by Crippen LogP contribution is 2.37. The van der Waals surface area contributed by atoms with Crippen LogP contribution >= 0.6 is 23.2 Å². The second-order valence-corrected chi connectivity index (χ2v) is 8.32. The molecule has 3 N–H and O–H groups in total. The number of benzene rings is 2. The van der Waals surface area contributed by atoms with Crippen LogP contribution in [0.25, 0.3) is 10.9 Å². The molecule has 0 unspecified atom stereocenters. The highest BCUT2D eigenvalue weighted by molar-refractivity contribution is 6.36. The van der Waals surface area contributed by atoms with Gasteiger partial charge in [0.15, 0.2) is 5.82 Å². The second kappa shape index (κ2) is 9.54. The topological polar surface area (TPSA) is 115 Å². The first-order valence-electron chi connectivity index (χ1n) is 10.3. The number of nitriles is 1. The second-order valence-electron chi connectivity index (χ2n) is 7.50. The van der Waals surface area contributed by atoms with Gasteiger partial charge in [-0.15, -0.1) is 5.10 Å². The van der Waals surface area contributed by atoms with Gasteiger partial charge in [0.1, 0.15) is 11.8 Å². The minimum absolute atomic E-state index is 0.0424. The van der Waals surface area contributed by atoms with Crippen LogP contribution < -0.4 is 10.6 Å². The highest BCUT2D eigenvalue weighted by atomic mass is 35.5. The van der Waals surface area contributed by atoms with Crippen molar-refractivity contribution in [3.05, 3.63) is 99.9 Å². The van der Waals surface area contributed by atoms with E-state index in [1.165, 1.54) is 18.3 Å². The summed E-state index contributed by atoms with van der Waals surface area (Å²) < 4.78 is 14.6. The molecule has 11 heteroatoms. The van der Waals surface area contributed by atoms with Gasteiger partial charge in [-0.25, -0.2) is 4.39 Å². The Morgan fingerprint density at radius 3 is 2.71 bits per heavy atom. The van der Waals surface area contributed by atoms with Gasteiger partial charge in [0.25, 0.3) is 0 Å². The monoisotopic (exact) mass is 504 g/mol. The normalized spacial score (nSPS) is 11.7. The lowest BCUT2D eigenvalue weighted by molar-refractivity contribution is 0.632. The van der Waals surface area contributed by atoms with E-state index in [1.807, 2.05) is 12.1 Å². The molecule has 35 heavy (non-hydrogen) atoms. The Labute approximate surface area is 208 Å². The molecule has 5 aromatic rings. The van der Waals surface area contributed by atoms with Crippen molar-refractivity contribution < 1.29 is 4.39 Å². The molecule has 0 bridgehead atoms. The number of pyridine rings is 2. The molecule has 1 atom stereocenters. The van der Waals surface area contributed by atoms with Crippen LogP contribution in [0, 0.1) is 17.1 Å². The molecule has 2 aromatic carbocycles. The number of nitrogens with one attached hydrogen (secondary N) is 3. The van der Waals surface area contributed by atoms with E-state index in [4.69, 9.17) is 23.2 Å². The van der Waals surface area contributed by atoms with Crippen LogP contribution in [0.15, 0.2) is 67.3 Å². The van der Waals surface area contributed by atoms with Crippen LogP contribution in [0.3, 0.4) is 0 Å². The molecule has 5 rings (SSSR count). The zero-order chi connectivity index (χ0) is 24.4. The van der Waals surface area contributed by atoms with Crippen molar-refractivity contribution in [3.63, 3.8) is 0 Å². The lowest BCUT2D eigenvalue weighted by Crippen LogP contribution is -2.13. The Hall–Kier alpha value is -4.26. The van der Waals surface area contributed by atoms with Gasteiger partial charge < -0.3 is 10.6 Å². The summed E-state index contributed by atoms with van der Waals surface area (Å²) in [5.41, 5.74) is 3.23. The molecule has 0 saturated heterocycles. The van der Waals surface area contributed by atoms with Gasteiger partial charge in [-0.05, 0) is 35.9 Å². The van der Waals surface area contributed by atoms with E-state index in [1.54, 1.807) is 36.8 Å². The molecule has 0 aliphatic heterocycles. The largest absolute Gasteiger partial charge is 0.373 e. The number of nitrogens with zero attached hydrogens (tertiary/aromatic N) is 5. The van der Waals surface area contributed by atoms with Crippen LogP contribution in [-0.2, 0) is 0 Å². The zero-order valence-electron chi connectivity index (χ0n) is 17.8. The number of hydrogen-bond acceptors (Lipinski definition) is 7. The van der Waals surface area contributed by atoms with E-state index in [0.717, 1.165) is 5.56 Å². The molecule has 0 aliphatic rings. The van der Waals surface area contributed by atoms with E-state index < -0.39 is 11.9 Å². The predicted octanol–water partition coefficient (Wildman–Crippen LogP) is 6.01. The fraction of sp³-hybridized carbons (Fsp3) is 0.0417. The maximum atomic E-state index is 14.6. The van der Waals surface area contributed by atoms with Crippen molar-refractivity contribution in [2.45, 2.75) is 6.04 Å². The van der Waals surface area contributed by atoms with Crippen LogP contribution in [-0.4, -0.2) is 25.4 Å². The molecule has 0 radical (unpaired) electrons. The van der Waals surface area contributed by atoms with Gasteiger partial charge >= 0.3 is 0 Å². The average Bonchev–Trinajstić information content (AvgIpc) is 3.41. The smallest absolute Gasteiger partial charge is 0.165 e. The Kier molecular flexibility index (Phi) is 6.14. The van der Waals surface area contributed by atoms with Crippen LogP contribution in [0.1, 0.15) is 22.9 Å². The molecule has 0 saturated carbocycles. The Bertz CT molecular complexity index is 1550. The number of H-pyrrole nitrogens is 1. The quantitative estimate of drug-likeness (QED) is 0.259. The minimum Gasteiger partial charge on any atom is -0.373 e. The highest BCUT2D eigenvalue weighted by Gasteiger charge is 2.20. The third-order valence-corrected chi connectivity index (χ3v) is 5.90. The SMILES string of the molecule is N#Cc1cnc2c(Cl)cc(N[C@@H](c3cccnc3)c3c[nH]nn3)cc2c1Nc1cccc(Cl)c1F. The lowest BCUT2D eigenvalue weighted by Gasteiger charge is -2.19. The number of anilines is 3. The Morgan fingerprint density at radius 1 is 1.09 bits per heavy atom. The molecule has 8 nitrogen and oxygen atoms in total. The lowest BCUT2D eigenvalue weighted by atomic mass is 10.0.